The smallest absolute Gasteiger partial charge is 0.233 e. The summed E-state index contributed by atoms with van der Waals surface area (Å²) >= 11 is 0. The van der Waals surface area contributed by atoms with Gasteiger partial charge in [0.15, 0.2) is 0 Å². The molecule has 0 bridgehead atoms. The zero-order valence-electron chi connectivity index (χ0n) is 14.9. The molecule has 0 saturated carbocycles. The number of rotatable bonds is 12. The Hall–Kier alpha value is -0.340. The van der Waals surface area contributed by atoms with Crippen LogP contribution in [0.2, 0.25) is 0 Å². The van der Waals surface area contributed by atoms with Crippen molar-refractivity contribution in [2.75, 3.05) is 13.2 Å². The summed E-state index contributed by atoms with van der Waals surface area (Å²) in [6.07, 6.45) is 15.6. The fourth-order valence-corrected chi connectivity index (χ4v) is 4.56. The summed E-state index contributed by atoms with van der Waals surface area (Å²) in [5.74, 6) is 0. The molecule has 136 valence electrons. The van der Waals surface area contributed by atoms with Crippen molar-refractivity contribution in [3.8, 4) is 0 Å². The van der Waals surface area contributed by atoms with Gasteiger partial charge in [-0.2, -0.15) is 9.05 Å². The van der Waals surface area contributed by atoms with Gasteiger partial charge in [-0.05, 0) is 25.0 Å². The van der Waals surface area contributed by atoms with Crippen molar-refractivity contribution in [2.24, 2.45) is 0 Å². The third kappa shape index (κ3) is 8.67. The molecule has 0 aromatic carbocycles. The van der Waals surface area contributed by atoms with Crippen molar-refractivity contribution in [1.82, 2.24) is 0 Å². The predicted octanol–water partition coefficient (Wildman–Crippen LogP) is 4.00. The summed E-state index contributed by atoms with van der Waals surface area (Å²) < 4.78 is 10.9. The molecule has 0 aromatic heterocycles. The van der Waals surface area contributed by atoms with Crippen LogP contribution < -0.4 is 9.79 Å². The summed E-state index contributed by atoms with van der Waals surface area (Å²) in [7, 11) is -3.98. The van der Waals surface area contributed by atoms with Gasteiger partial charge in [-0.3, -0.25) is 0 Å². The zero-order chi connectivity index (χ0) is 17.6. The van der Waals surface area contributed by atoms with Crippen LogP contribution in [0.3, 0.4) is 0 Å². The minimum absolute atomic E-state index is 0.470. The molecule has 0 aromatic rings. The average Bonchev–Trinajstić information content (AvgIpc) is 2.61. The summed E-state index contributed by atoms with van der Waals surface area (Å²) in [4.78, 5) is 24.7. The third-order valence-corrected chi connectivity index (χ3v) is 6.27. The number of hydrogen-bond acceptors (Lipinski definition) is 4. The topological polar surface area (TPSA) is 64.6 Å². The molecule has 0 radical (unpaired) electrons. The Morgan fingerprint density at radius 2 is 1.12 bits per heavy atom. The number of allylic oxidation sites excluding steroid dienone is 4. The van der Waals surface area contributed by atoms with Crippen molar-refractivity contribution < 1.29 is 18.8 Å². The summed E-state index contributed by atoms with van der Waals surface area (Å²) in [6.45, 7) is 5.24. The van der Waals surface area contributed by atoms with Gasteiger partial charge in [-0.25, -0.2) is 0 Å². The van der Waals surface area contributed by atoms with Crippen molar-refractivity contribution in [2.45, 2.75) is 65.2 Å². The summed E-state index contributed by atoms with van der Waals surface area (Å²) in [5, 5.41) is 0.996. The summed E-state index contributed by atoms with van der Waals surface area (Å²) in [6, 6.07) is 0. The van der Waals surface area contributed by atoms with Gasteiger partial charge < -0.3 is 9.79 Å². The monoisotopic (exact) mass is 372 g/mol. The van der Waals surface area contributed by atoms with Crippen LogP contribution in [0.5, 0.6) is 0 Å². The highest BCUT2D eigenvalue weighted by molar-refractivity contribution is 7.59. The van der Waals surface area contributed by atoms with Gasteiger partial charge in [0.05, 0.1) is 13.2 Å². The van der Waals surface area contributed by atoms with Crippen LogP contribution in [0, 0.1) is 0 Å². The number of hydrogen-bond donors (Lipinski definition) is 0. The maximum atomic E-state index is 12.4. The Balaban J connectivity index is 2.59. The molecular weight excluding hydrogens is 342 g/mol. The van der Waals surface area contributed by atoms with Crippen molar-refractivity contribution >= 4 is 26.6 Å². The van der Waals surface area contributed by atoms with Crippen LogP contribution in [-0.4, -0.2) is 23.8 Å². The van der Waals surface area contributed by atoms with E-state index in [0.717, 1.165) is 51.4 Å². The highest BCUT2D eigenvalue weighted by Gasteiger charge is 2.24. The zero-order valence-corrected chi connectivity index (χ0v) is 16.7. The molecule has 0 amide bonds. The molecule has 1 aliphatic carbocycles. The minimum atomic E-state index is -1.99. The maximum absolute atomic E-state index is 12.4. The molecule has 0 spiro atoms. The predicted molar refractivity (Wildman–Crippen MR) is 102 cm³/mol. The van der Waals surface area contributed by atoms with Gasteiger partial charge in [0, 0.05) is 0 Å². The van der Waals surface area contributed by atoms with E-state index in [0.29, 0.717) is 23.8 Å². The van der Waals surface area contributed by atoms with Gasteiger partial charge in [0.2, 0.25) is 26.6 Å². The summed E-state index contributed by atoms with van der Waals surface area (Å²) in [5.41, 5.74) is 0. The Labute approximate surface area is 148 Å². The van der Waals surface area contributed by atoms with Crippen molar-refractivity contribution in [1.29, 1.82) is 0 Å². The van der Waals surface area contributed by atoms with E-state index < -0.39 is 16.0 Å². The fourth-order valence-electron chi connectivity index (χ4n) is 2.26. The van der Waals surface area contributed by atoms with E-state index in [4.69, 9.17) is 9.05 Å². The molecule has 0 heterocycles. The lowest BCUT2D eigenvalue weighted by Crippen LogP contribution is -2.17. The van der Waals surface area contributed by atoms with Crippen LogP contribution in [0.4, 0.5) is 0 Å². The first-order chi connectivity index (χ1) is 11.7. The lowest BCUT2D eigenvalue weighted by Gasteiger charge is -2.07. The first-order valence-electron chi connectivity index (χ1n) is 9.00. The second kappa shape index (κ2) is 13.9. The molecule has 0 saturated heterocycles. The maximum Gasteiger partial charge on any atom is 0.233 e. The van der Waals surface area contributed by atoms with E-state index >= 15 is 0 Å². The van der Waals surface area contributed by atoms with Crippen LogP contribution in [0.15, 0.2) is 24.3 Å². The molecular formula is C18H30O4P2. The first-order valence-corrected chi connectivity index (χ1v) is 11.4. The Morgan fingerprint density at radius 3 is 1.50 bits per heavy atom. The highest BCUT2D eigenvalue weighted by Crippen LogP contribution is 2.27. The van der Waals surface area contributed by atoms with E-state index in [2.05, 4.69) is 13.8 Å². The van der Waals surface area contributed by atoms with Crippen LogP contribution in [0.25, 0.3) is 0 Å². The molecule has 0 fully saturated rings. The van der Waals surface area contributed by atoms with Crippen LogP contribution in [-0.2, 0) is 9.05 Å². The van der Waals surface area contributed by atoms with Crippen LogP contribution in [0.1, 0.15) is 65.2 Å². The lowest BCUT2D eigenvalue weighted by atomic mass is 10.2. The van der Waals surface area contributed by atoms with Crippen molar-refractivity contribution in [3.63, 3.8) is 0 Å². The minimum Gasteiger partial charge on any atom is -0.602 e. The molecule has 2 unspecified atom stereocenters. The molecule has 0 aliphatic heterocycles. The molecule has 24 heavy (non-hydrogen) atoms. The van der Waals surface area contributed by atoms with Gasteiger partial charge in [-0.1, -0.05) is 64.5 Å². The van der Waals surface area contributed by atoms with Gasteiger partial charge in [0.25, 0.3) is 0 Å². The van der Waals surface area contributed by atoms with Gasteiger partial charge in [-0.15, -0.1) is 0 Å². The SMILES string of the molecule is CCCCCCO[P+]([O-])=C1C=CC=CC1=[P+]([O-])OCCCCCC. The van der Waals surface area contributed by atoms with E-state index in [9.17, 15) is 9.79 Å². The van der Waals surface area contributed by atoms with Crippen molar-refractivity contribution in [3.05, 3.63) is 24.3 Å². The average molecular weight is 372 g/mol. The second-order valence-electron chi connectivity index (χ2n) is 5.79. The third-order valence-electron chi connectivity index (χ3n) is 3.69. The van der Waals surface area contributed by atoms with E-state index in [1.807, 2.05) is 0 Å². The molecule has 2 atom stereocenters. The molecule has 6 heteroatoms. The Kier molecular flexibility index (Phi) is 12.6. The van der Waals surface area contributed by atoms with E-state index in [1.54, 1.807) is 24.3 Å². The van der Waals surface area contributed by atoms with E-state index in [-0.39, 0.29) is 0 Å². The lowest BCUT2D eigenvalue weighted by molar-refractivity contribution is -0.173. The standard InChI is InChI=1S/C18H30O4P2/c1-3-5-7-11-15-21-23(19)17-13-9-10-14-18(17)24(20)22-16-12-8-6-4-2/h9-10,13-14H,3-8,11-12,15-16H2,1-2H3. The molecule has 4 nitrogen and oxygen atoms in total. The largest absolute Gasteiger partial charge is 0.602 e. The van der Waals surface area contributed by atoms with E-state index in [1.165, 1.54) is 0 Å². The van der Waals surface area contributed by atoms with Gasteiger partial charge in [0.1, 0.15) is 0 Å². The highest BCUT2D eigenvalue weighted by atomic mass is 31.1. The molecule has 1 rings (SSSR count). The second-order valence-corrected chi connectivity index (χ2v) is 8.30. The van der Waals surface area contributed by atoms with Gasteiger partial charge >= 0.3 is 0 Å². The fraction of sp³-hybridized carbons (Fsp3) is 0.667. The first kappa shape index (κ1) is 21.7. The number of unbranched alkanes of at least 4 members (excludes halogenated alkanes) is 6. The quantitative estimate of drug-likeness (QED) is 0.384. The molecule has 1 aliphatic rings. The Morgan fingerprint density at radius 1 is 0.708 bits per heavy atom. The Bertz CT molecular complexity index is 437. The van der Waals surface area contributed by atoms with Crippen LogP contribution >= 0.6 is 16.0 Å². The normalized spacial score (nSPS) is 18.2. The molecule has 0 N–H and O–H groups in total.